The molecule has 0 aromatic rings. The van der Waals surface area contributed by atoms with Crippen LogP contribution in [0.1, 0.15) is 65.2 Å². The Bertz CT molecular complexity index is 130. The molecule has 1 N–H and O–H groups in total. The highest BCUT2D eigenvalue weighted by Gasteiger charge is 2.05. The summed E-state index contributed by atoms with van der Waals surface area (Å²) in [5.74, 6) is 0. The second-order valence-electron chi connectivity index (χ2n) is 4.40. The summed E-state index contributed by atoms with van der Waals surface area (Å²) in [7, 11) is 0. The summed E-state index contributed by atoms with van der Waals surface area (Å²) in [6.45, 7) is 6.51. The molecule has 0 fully saturated rings. The maximum Gasteiger partial charge on any atom is 0.299 e. The van der Waals surface area contributed by atoms with Gasteiger partial charge in [-0.2, -0.15) is 0 Å². The van der Waals surface area contributed by atoms with Crippen LogP contribution in [-0.2, 0) is 4.79 Å². The Morgan fingerprint density at radius 2 is 1.25 bits per heavy atom. The van der Waals surface area contributed by atoms with Crippen LogP contribution in [-0.4, -0.2) is 19.5 Å². The normalized spacial score (nSPS) is 10.2. The molecule has 0 aromatic heterocycles. The van der Waals surface area contributed by atoms with Crippen molar-refractivity contribution in [1.29, 1.82) is 0 Å². The summed E-state index contributed by atoms with van der Waals surface area (Å²) < 4.78 is 0. The minimum atomic E-state index is 0. The van der Waals surface area contributed by atoms with Gasteiger partial charge in [-0.15, -0.1) is 0 Å². The predicted octanol–water partition coefficient (Wildman–Crippen LogP) is -0.808. The first-order valence-corrected chi connectivity index (χ1v) is 6.65. The first kappa shape index (κ1) is 18.3. The number of hydrogen-bond acceptors (Lipinski definition) is 1. The first-order chi connectivity index (χ1) is 7.35. The molecule has 1 amide bonds. The smallest absolute Gasteiger partial charge is 0.299 e. The molecule has 0 aliphatic carbocycles. The fraction of sp³-hybridized carbons (Fsp3) is 0.923. The maximum atomic E-state index is 10.8. The summed E-state index contributed by atoms with van der Waals surface area (Å²) >= 11 is 0. The second kappa shape index (κ2) is 14.9. The number of quaternary nitrogens is 1. The van der Waals surface area contributed by atoms with Crippen LogP contribution < -0.4 is 17.3 Å². The van der Waals surface area contributed by atoms with Gasteiger partial charge >= 0.3 is 0 Å². The minimum Gasteiger partial charge on any atom is -1.00 e. The molecule has 0 saturated heterocycles. The van der Waals surface area contributed by atoms with Crippen LogP contribution in [0.2, 0.25) is 0 Å². The maximum absolute atomic E-state index is 10.8. The second-order valence-corrected chi connectivity index (χ2v) is 4.40. The van der Waals surface area contributed by atoms with E-state index in [1.807, 2.05) is 0 Å². The highest BCUT2D eigenvalue weighted by atomic mass is 35.5. The van der Waals surface area contributed by atoms with Gasteiger partial charge in [0.2, 0.25) is 0 Å². The zero-order valence-corrected chi connectivity index (χ0v) is 11.7. The molecule has 0 unspecified atom stereocenters. The average molecular weight is 250 g/mol. The molecule has 3 heteroatoms. The number of carbonyl (C=O) groups excluding carboxylic acids is 1. The number of unbranched alkanes of at least 4 members (excludes halogenated alkanes) is 6. The van der Waals surface area contributed by atoms with E-state index in [1.165, 1.54) is 51.4 Å². The number of amides is 1. The Labute approximate surface area is 107 Å². The number of halogens is 1. The minimum absolute atomic E-state index is 0. The van der Waals surface area contributed by atoms with E-state index in [0.29, 0.717) is 0 Å². The highest BCUT2D eigenvalue weighted by Crippen LogP contribution is 1.97. The lowest BCUT2D eigenvalue weighted by atomic mass is 10.2. The van der Waals surface area contributed by atoms with Gasteiger partial charge in [0.1, 0.15) is 0 Å². The Balaban J connectivity index is 0. The number of hydrogen-bond donors (Lipinski definition) is 1. The van der Waals surface area contributed by atoms with Crippen LogP contribution in [0.3, 0.4) is 0 Å². The molecular weight excluding hydrogens is 222 g/mol. The van der Waals surface area contributed by atoms with E-state index in [2.05, 4.69) is 13.8 Å². The predicted molar refractivity (Wildman–Crippen MR) is 65.0 cm³/mol. The number of rotatable bonds is 11. The molecule has 0 aliphatic heterocycles. The van der Waals surface area contributed by atoms with Crippen LogP contribution in [0.4, 0.5) is 0 Å². The quantitative estimate of drug-likeness (QED) is 0.376. The molecule has 0 spiro atoms. The van der Waals surface area contributed by atoms with E-state index in [0.717, 1.165) is 24.4 Å². The number of carbonyl (C=O) groups is 1. The third-order valence-electron chi connectivity index (χ3n) is 2.87. The van der Waals surface area contributed by atoms with E-state index < -0.39 is 0 Å². The lowest BCUT2D eigenvalue weighted by Gasteiger charge is -2.11. The largest absolute Gasteiger partial charge is 1.00 e. The van der Waals surface area contributed by atoms with Gasteiger partial charge in [-0.1, -0.05) is 39.5 Å². The van der Waals surface area contributed by atoms with Gasteiger partial charge in [0.25, 0.3) is 6.41 Å². The van der Waals surface area contributed by atoms with Crippen molar-refractivity contribution in [3.8, 4) is 0 Å². The SMILES string of the molecule is CCCCCC[NH+](C=O)CCCCCC.[Cl-]. The fourth-order valence-corrected chi connectivity index (χ4v) is 1.80. The summed E-state index contributed by atoms with van der Waals surface area (Å²) in [6.07, 6.45) is 11.2. The van der Waals surface area contributed by atoms with E-state index >= 15 is 0 Å². The number of nitrogens with one attached hydrogen (secondary N) is 1. The molecule has 16 heavy (non-hydrogen) atoms. The monoisotopic (exact) mass is 249 g/mol. The molecule has 0 aliphatic rings. The first-order valence-electron chi connectivity index (χ1n) is 6.65. The van der Waals surface area contributed by atoms with Crippen molar-refractivity contribution in [3.05, 3.63) is 0 Å². The molecule has 0 rings (SSSR count). The van der Waals surface area contributed by atoms with Crippen molar-refractivity contribution in [2.24, 2.45) is 0 Å². The van der Waals surface area contributed by atoms with Gasteiger partial charge in [0, 0.05) is 0 Å². The van der Waals surface area contributed by atoms with Crippen LogP contribution in [0.15, 0.2) is 0 Å². The molecular formula is C13H28ClNO. The van der Waals surface area contributed by atoms with Gasteiger partial charge < -0.3 is 12.4 Å². The summed E-state index contributed by atoms with van der Waals surface area (Å²) in [4.78, 5) is 11.9. The van der Waals surface area contributed by atoms with Gasteiger partial charge in [0.15, 0.2) is 0 Å². The Hall–Kier alpha value is -0.0800. The van der Waals surface area contributed by atoms with Crippen LogP contribution in [0.5, 0.6) is 0 Å². The average Bonchev–Trinajstić information content (AvgIpc) is 2.27. The van der Waals surface area contributed by atoms with Crippen LogP contribution in [0.25, 0.3) is 0 Å². The van der Waals surface area contributed by atoms with Crippen molar-refractivity contribution in [3.63, 3.8) is 0 Å². The van der Waals surface area contributed by atoms with Gasteiger partial charge in [-0.05, 0) is 25.7 Å². The van der Waals surface area contributed by atoms with Crippen molar-refractivity contribution >= 4 is 6.41 Å². The van der Waals surface area contributed by atoms with E-state index in [4.69, 9.17) is 0 Å². The molecule has 0 atom stereocenters. The molecule has 0 heterocycles. The lowest BCUT2D eigenvalue weighted by molar-refractivity contribution is -0.811. The zero-order chi connectivity index (χ0) is 11.4. The molecule has 98 valence electrons. The molecule has 2 nitrogen and oxygen atoms in total. The van der Waals surface area contributed by atoms with E-state index in [1.54, 1.807) is 0 Å². The van der Waals surface area contributed by atoms with Gasteiger partial charge in [-0.3, -0.25) is 4.90 Å². The van der Waals surface area contributed by atoms with Gasteiger partial charge in [0.05, 0.1) is 13.1 Å². The molecule has 0 saturated carbocycles. The van der Waals surface area contributed by atoms with Crippen molar-refractivity contribution in [2.45, 2.75) is 65.2 Å². The van der Waals surface area contributed by atoms with E-state index in [9.17, 15) is 4.79 Å². The molecule has 0 aromatic carbocycles. The molecule has 0 bridgehead atoms. The highest BCUT2D eigenvalue weighted by molar-refractivity contribution is 5.33. The standard InChI is InChI=1S/C13H27NO.ClH/c1-3-5-7-9-11-14(13-15)12-10-8-6-4-2;/h13H,3-12H2,1-2H3;1H. The summed E-state index contributed by atoms with van der Waals surface area (Å²) in [5, 5.41) is 0. The summed E-state index contributed by atoms with van der Waals surface area (Å²) in [6, 6.07) is 0. The Morgan fingerprint density at radius 1 is 0.812 bits per heavy atom. The zero-order valence-electron chi connectivity index (χ0n) is 10.9. The van der Waals surface area contributed by atoms with Gasteiger partial charge in [-0.25, -0.2) is 4.79 Å². The topological polar surface area (TPSA) is 21.5 Å². The Kier molecular flexibility index (Phi) is 17.1. The lowest BCUT2D eigenvalue weighted by Crippen LogP contribution is -3.11. The van der Waals surface area contributed by atoms with Crippen molar-refractivity contribution < 1.29 is 22.1 Å². The van der Waals surface area contributed by atoms with Crippen LogP contribution >= 0.6 is 0 Å². The Morgan fingerprint density at radius 3 is 1.56 bits per heavy atom. The third kappa shape index (κ3) is 12.0. The summed E-state index contributed by atoms with van der Waals surface area (Å²) in [5.41, 5.74) is 0. The third-order valence-corrected chi connectivity index (χ3v) is 2.87. The fourth-order valence-electron chi connectivity index (χ4n) is 1.80. The molecule has 0 radical (unpaired) electrons. The van der Waals surface area contributed by atoms with Crippen molar-refractivity contribution in [1.82, 2.24) is 0 Å². The van der Waals surface area contributed by atoms with E-state index in [-0.39, 0.29) is 12.4 Å². The van der Waals surface area contributed by atoms with Crippen molar-refractivity contribution in [2.75, 3.05) is 13.1 Å². The van der Waals surface area contributed by atoms with Crippen LogP contribution in [0, 0.1) is 0 Å².